The fourth-order valence-corrected chi connectivity index (χ4v) is 3.41. The van der Waals surface area contributed by atoms with Crippen LogP contribution in [0.25, 0.3) is 0 Å². The van der Waals surface area contributed by atoms with Crippen molar-refractivity contribution in [3.05, 3.63) is 53.0 Å². The highest BCUT2D eigenvalue weighted by Crippen LogP contribution is 2.13. The number of unbranched alkanes of at least 4 members (excludes halogenated alkanes) is 1. The van der Waals surface area contributed by atoms with E-state index in [0.29, 0.717) is 22.2 Å². The normalized spacial score (nSPS) is 14.4. The zero-order valence-corrected chi connectivity index (χ0v) is 21.4. The van der Waals surface area contributed by atoms with Gasteiger partial charge in [-0.15, -0.1) is 0 Å². The summed E-state index contributed by atoms with van der Waals surface area (Å²) in [6.45, 7) is 5.94. The number of amides is 3. The molecule has 3 amide bonds. The number of nitrogens with one attached hydrogen (secondary N) is 2. The summed E-state index contributed by atoms with van der Waals surface area (Å²) >= 11 is 6.10. The summed E-state index contributed by atoms with van der Waals surface area (Å²) in [5.41, 5.74) is 3.43. The minimum atomic E-state index is -0.536. The average Bonchev–Trinajstić information content (AvgIpc) is 2.82. The molecule has 0 spiro atoms. The van der Waals surface area contributed by atoms with Crippen LogP contribution in [0.5, 0.6) is 0 Å². The van der Waals surface area contributed by atoms with E-state index < -0.39 is 6.03 Å². The van der Waals surface area contributed by atoms with Crippen LogP contribution in [-0.2, 0) is 4.79 Å². The molecule has 0 aliphatic carbocycles. The first-order chi connectivity index (χ1) is 16.3. The van der Waals surface area contributed by atoms with E-state index in [1.807, 2.05) is 25.9 Å². The second kappa shape index (κ2) is 16.7. The number of nitrogens with zero attached hydrogens (tertiary/aromatic N) is 3. The second-order valence-electron chi connectivity index (χ2n) is 8.06. The fraction of sp³-hybridized carbons (Fsp3) is 0.480. The van der Waals surface area contributed by atoms with Crippen LogP contribution in [0.4, 0.5) is 14.9 Å². The van der Waals surface area contributed by atoms with Crippen molar-refractivity contribution in [2.24, 2.45) is 5.10 Å². The molecule has 1 aromatic carbocycles. The van der Waals surface area contributed by atoms with Crippen molar-refractivity contribution in [3.8, 4) is 0 Å². The van der Waals surface area contributed by atoms with Crippen LogP contribution in [-0.4, -0.2) is 55.1 Å². The van der Waals surface area contributed by atoms with Gasteiger partial charge in [0, 0.05) is 51.1 Å². The number of urea groups is 1. The Hall–Kier alpha value is -2.87. The zero-order valence-electron chi connectivity index (χ0n) is 20.6. The highest BCUT2D eigenvalue weighted by molar-refractivity contribution is 6.34. The molecule has 2 N–H and O–H groups in total. The maximum atomic E-state index is 12.7. The third-order valence-electron chi connectivity index (χ3n) is 4.88. The van der Waals surface area contributed by atoms with E-state index in [1.54, 1.807) is 17.2 Å². The molecule has 1 aliphatic rings. The largest absolute Gasteiger partial charge is 0.382 e. The number of benzene rings is 1. The van der Waals surface area contributed by atoms with Gasteiger partial charge in [0.15, 0.2) is 0 Å². The van der Waals surface area contributed by atoms with E-state index in [0.717, 1.165) is 32.4 Å². The maximum absolute atomic E-state index is 12.7. The third kappa shape index (κ3) is 12.4. The summed E-state index contributed by atoms with van der Waals surface area (Å²) in [6.07, 6.45) is 11.6. The molecule has 188 valence electrons. The molecule has 1 aromatic rings. The number of rotatable bonds is 8. The predicted molar refractivity (Wildman–Crippen MR) is 138 cm³/mol. The van der Waals surface area contributed by atoms with Crippen molar-refractivity contribution in [1.29, 1.82) is 0 Å². The molecular weight excluding hydrogens is 457 g/mol. The lowest BCUT2D eigenvalue weighted by atomic mass is 10.1. The van der Waals surface area contributed by atoms with Crippen molar-refractivity contribution >= 4 is 35.4 Å². The third-order valence-corrected chi connectivity index (χ3v) is 5.20. The number of hydrogen-bond acceptors (Lipinski definition) is 4. The van der Waals surface area contributed by atoms with Gasteiger partial charge in [0.05, 0.1) is 11.2 Å². The van der Waals surface area contributed by atoms with E-state index in [4.69, 9.17) is 11.6 Å². The molecule has 1 fully saturated rings. The Morgan fingerprint density at radius 3 is 2.38 bits per heavy atom. The zero-order chi connectivity index (χ0) is 25.3. The number of carbonyl (C=O) groups excluding carboxylic acids is 2. The lowest BCUT2D eigenvalue weighted by Gasteiger charge is -2.26. The van der Waals surface area contributed by atoms with Crippen LogP contribution in [0.2, 0.25) is 0 Å². The maximum Gasteiger partial charge on any atom is 0.339 e. The summed E-state index contributed by atoms with van der Waals surface area (Å²) in [4.78, 5) is 26.9. The first kappa shape index (κ1) is 29.2. The molecule has 0 aromatic heterocycles. The number of carbonyl (C=O) groups is 2. The quantitative estimate of drug-likeness (QED) is 0.276. The lowest BCUT2D eigenvalue weighted by molar-refractivity contribution is -0.132. The molecule has 2 rings (SSSR count). The van der Waals surface area contributed by atoms with Crippen LogP contribution in [0.1, 0.15) is 52.4 Å². The van der Waals surface area contributed by atoms with Gasteiger partial charge in [0.2, 0.25) is 5.91 Å². The Labute approximate surface area is 207 Å². The summed E-state index contributed by atoms with van der Waals surface area (Å²) < 4.78 is 12.7. The highest BCUT2D eigenvalue weighted by Gasteiger charge is 2.14. The van der Waals surface area contributed by atoms with Crippen LogP contribution >= 0.6 is 11.6 Å². The summed E-state index contributed by atoms with van der Waals surface area (Å²) in [7, 11) is 3.70. The molecule has 0 atom stereocenters. The molecule has 9 heteroatoms. The predicted octanol–water partition coefficient (Wildman–Crippen LogP) is 5.71. The number of likely N-dealkylation sites (tertiary alicyclic amines) is 1. The molecule has 1 heterocycles. The summed E-state index contributed by atoms with van der Waals surface area (Å²) in [6, 6.07) is 4.87. The Kier molecular flexibility index (Phi) is 14.3. The van der Waals surface area contributed by atoms with Gasteiger partial charge in [0.25, 0.3) is 0 Å². The van der Waals surface area contributed by atoms with E-state index >= 15 is 0 Å². The molecule has 7 nitrogen and oxygen atoms in total. The Balaban J connectivity index is 0.000000404. The minimum absolute atomic E-state index is 0.371. The van der Waals surface area contributed by atoms with Gasteiger partial charge in [-0.25, -0.2) is 14.6 Å². The SMILES string of the molecule is C/C=C(/C=N/NC(=O)Nc1ccc(F)cc1)C(\Cl)=C/N(C)C.CCCCC(=O)N1CCCCC1. The number of halogens is 2. The van der Waals surface area contributed by atoms with Crippen LogP contribution < -0.4 is 10.7 Å². The second-order valence-corrected chi connectivity index (χ2v) is 8.47. The average molecular weight is 494 g/mol. The molecule has 0 unspecified atom stereocenters. The number of anilines is 1. The topological polar surface area (TPSA) is 77.0 Å². The summed E-state index contributed by atoms with van der Waals surface area (Å²) in [5.74, 6) is 0.000532. The van der Waals surface area contributed by atoms with E-state index in [2.05, 4.69) is 22.8 Å². The first-order valence-electron chi connectivity index (χ1n) is 11.6. The smallest absolute Gasteiger partial charge is 0.339 e. The number of allylic oxidation sites excluding steroid dienone is 3. The Morgan fingerprint density at radius 1 is 1.18 bits per heavy atom. The lowest BCUT2D eigenvalue weighted by Crippen LogP contribution is -2.35. The monoisotopic (exact) mass is 493 g/mol. The van der Waals surface area contributed by atoms with Gasteiger partial charge < -0.3 is 15.1 Å². The number of piperidine rings is 1. The van der Waals surface area contributed by atoms with Crippen molar-refractivity contribution in [1.82, 2.24) is 15.2 Å². The van der Waals surface area contributed by atoms with Crippen molar-refractivity contribution in [2.75, 3.05) is 32.5 Å². The molecule has 0 saturated carbocycles. The fourth-order valence-electron chi connectivity index (χ4n) is 3.06. The Morgan fingerprint density at radius 2 is 1.82 bits per heavy atom. The highest BCUT2D eigenvalue weighted by atomic mass is 35.5. The molecule has 0 bridgehead atoms. The van der Waals surface area contributed by atoms with E-state index in [1.165, 1.54) is 49.7 Å². The standard InChI is InChI=1S/C15H18ClFN4O.C10H19NO/c1-4-11(14(16)10-21(2)3)9-18-20-15(22)19-13-7-5-12(17)6-8-13;1-2-3-7-10(12)11-8-5-4-6-9-11/h4-10H,1-3H3,(H2,19,20,22);2-9H2,1H3/b11-4-,14-10+,18-9+;. The Bertz CT molecular complexity index is 847. The van der Waals surface area contributed by atoms with Gasteiger partial charge in [-0.3, -0.25) is 4.79 Å². The van der Waals surface area contributed by atoms with Gasteiger partial charge in [-0.1, -0.05) is 31.0 Å². The minimum Gasteiger partial charge on any atom is -0.382 e. The molecule has 34 heavy (non-hydrogen) atoms. The first-order valence-corrected chi connectivity index (χ1v) is 12.0. The number of hydrogen-bond donors (Lipinski definition) is 2. The van der Waals surface area contributed by atoms with Gasteiger partial charge in [-0.05, 0) is 56.9 Å². The van der Waals surface area contributed by atoms with Gasteiger partial charge in [0.1, 0.15) is 5.82 Å². The van der Waals surface area contributed by atoms with Crippen LogP contribution in [0, 0.1) is 5.82 Å². The van der Waals surface area contributed by atoms with Crippen molar-refractivity contribution in [3.63, 3.8) is 0 Å². The molecular formula is C25H37ClFN5O2. The molecule has 1 aliphatic heterocycles. The van der Waals surface area contributed by atoms with Crippen molar-refractivity contribution in [2.45, 2.75) is 52.4 Å². The van der Waals surface area contributed by atoms with E-state index in [9.17, 15) is 14.0 Å². The molecule has 0 radical (unpaired) electrons. The van der Waals surface area contributed by atoms with Crippen LogP contribution in [0.3, 0.4) is 0 Å². The number of hydrazone groups is 1. The van der Waals surface area contributed by atoms with E-state index in [-0.39, 0.29) is 5.82 Å². The summed E-state index contributed by atoms with van der Waals surface area (Å²) in [5, 5.41) is 6.83. The van der Waals surface area contributed by atoms with Crippen molar-refractivity contribution < 1.29 is 14.0 Å². The van der Waals surface area contributed by atoms with Gasteiger partial charge >= 0.3 is 6.03 Å². The molecule has 1 saturated heterocycles. The van der Waals surface area contributed by atoms with Gasteiger partial charge in [-0.2, -0.15) is 5.10 Å². The van der Waals surface area contributed by atoms with Crippen LogP contribution in [0.15, 0.2) is 52.2 Å².